The van der Waals surface area contributed by atoms with Crippen LogP contribution in [-0.4, -0.2) is 30.8 Å². The molecule has 2 rings (SSSR count). The van der Waals surface area contributed by atoms with Gasteiger partial charge in [0.25, 0.3) is 0 Å². The number of nitrogens with one attached hydrogen (secondary N) is 1. The van der Waals surface area contributed by atoms with Gasteiger partial charge in [-0.05, 0) is 0 Å². The van der Waals surface area contributed by atoms with Gasteiger partial charge in [0.05, 0.1) is 6.54 Å². The molecule has 0 amide bonds. The van der Waals surface area contributed by atoms with E-state index >= 15 is 0 Å². The van der Waals surface area contributed by atoms with E-state index in [4.69, 9.17) is 5.11 Å². The Morgan fingerprint density at radius 1 is 1.67 bits per heavy atom. The number of H-pyrrole nitrogens is 1. The average Bonchev–Trinajstić information content (AvgIpc) is 2.77. The number of carboxylic acid groups (broad SMARTS) is 1. The Morgan fingerprint density at radius 2 is 2.47 bits per heavy atom. The van der Waals surface area contributed by atoms with E-state index in [9.17, 15) is 9.59 Å². The summed E-state index contributed by atoms with van der Waals surface area (Å²) >= 11 is 1.19. The van der Waals surface area contributed by atoms with Gasteiger partial charge in [0.15, 0.2) is 5.69 Å². The maximum Gasteiger partial charge on any atom is 0.355 e. The van der Waals surface area contributed by atoms with Crippen molar-refractivity contribution in [3.8, 4) is 0 Å². The molecule has 0 saturated carbocycles. The minimum Gasteiger partial charge on any atom is -0.476 e. The van der Waals surface area contributed by atoms with Crippen LogP contribution in [0.2, 0.25) is 0 Å². The smallest absolute Gasteiger partial charge is 0.355 e. The number of aromatic nitrogens is 4. The summed E-state index contributed by atoms with van der Waals surface area (Å²) in [5.41, 5.74) is -0.353. The molecule has 15 heavy (non-hydrogen) atoms. The molecule has 0 fully saturated rings. The highest BCUT2D eigenvalue weighted by molar-refractivity contribution is 7.09. The van der Waals surface area contributed by atoms with E-state index in [0.29, 0.717) is 5.01 Å². The van der Waals surface area contributed by atoms with Crippen LogP contribution >= 0.6 is 11.3 Å². The van der Waals surface area contributed by atoms with Gasteiger partial charge in [-0.1, -0.05) is 0 Å². The molecule has 0 radical (unpaired) electrons. The molecular formula is C7H6N4O3S. The van der Waals surface area contributed by atoms with Gasteiger partial charge in [-0.3, -0.25) is 4.57 Å². The molecule has 8 heteroatoms. The fourth-order valence-corrected chi connectivity index (χ4v) is 1.78. The molecule has 2 heterocycles. The zero-order chi connectivity index (χ0) is 10.8. The Hall–Kier alpha value is -1.96. The van der Waals surface area contributed by atoms with E-state index in [1.807, 2.05) is 0 Å². The second-order valence-corrected chi connectivity index (χ2v) is 3.66. The van der Waals surface area contributed by atoms with E-state index < -0.39 is 5.97 Å². The molecule has 7 nitrogen and oxygen atoms in total. The van der Waals surface area contributed by atoms with Crippen LogP contribution in [0.3, 0.4) is 0 Å². The van der Waals surface area contributed by atoms with Crippen LogP contribution in [0.1, 0.15) is 15.5 Å². The molecule has 78 valence electrons. The molecule has 0 aliphatic rings. The van der Waals surface area contributed by atoms with Crippen molar-refractivity contribution < 1.29 is 9.90 Å². The third-order valence-electron chi connectivity index (χ3n) is 1.69. The van der Waals surface area contributed by atoms with E-state index in [2.05, 4.69) is 15.2 Å². The van der Waals surface area contributed by atoms with Crippen molar-refractivity contribution >= 4 is 17.3 Å². The summed E-state index contributed by atoms with van der Waals surface area (Å²) in [6, 6.07) is 0. The number of hydrogen-bond acceptors (Lipinski definition) is 5. The molecule has 0 unspecified atom stereocenters. The molecule has 0 aliphatic heterocycles. The first kappa shape index (κ1) is 9.59. The van der Waals surface area contributed by atoms with Crippen LogP contribution in [0.15, 0.2) is 16.5 Å². The van der Waals surface area contributed by atoms with Gasteiger partial charge in [-0.2, -0.15) is 5.10 Å². The number of thiazole rings is 1. The number of rotatable bonds is 3. The highest BCUT2D eigenvalue weighted by atomic mass is 32.1. The van der Waals surface area contributed by atoms with Crippen LogP contribution in [0.5, 0.6) is 0 Å². The first-order valence-electron chi connectivity index (χ1n) is 3.94. The number of aromatic carboxylic acids is 1. The van der Waals surface area contributed by atoms with Crippen molar-refractivity contribution in [3.05, 3.63) is 32.9 Å². The molecule has 0 aliphatic carbocycles. The van der Waals surface area contributed by atoms with Crippen molar-refractivity contribution in [3.63, 3.8) is 0 Å². The van der Waals surface area contributed by atoms with Crippen LogP contribution in [0.25, 0.3) is 0 Å². The van der Waals surface area contributed by atoms with Crippen LogP contribution < -0.4 is 5.69 Å². The largest absolute Gasteiger partial charge is 0.476 e. The quantitative estimate of drug-likeness (QED) is 0.753. The van der Waals surface area contributed by atoms with Gasteiger partial charge in [0.1, 0.15) is 11.3 Å². The molecule has 0 aromatic carbocycles. The Balaban J connectivity index is 2.22. The van der Waals surface area contributed by atoms with Crippen molar-refractivity contribution in [1.29, 1.82) is 0 Å². The Labute approximate surface area is 87.0 Å². The maximum absolute atomic E-state index is 11.1. The lowest BCUT2D eigenvalue weighted by Crippen LogP contribution is -2.16. The number of carboxylic acids is 1. The zero-order valence-electron chi connectivity index (χ0n) is 7.38. The summed E-state index contributed by atoms with van der Waals surface area (Å²) in [6.07, 6.45) is 1.34. The summed E-state index contributed by atoms with van der Waals surface area (Å²) in [4.78, 5) is 25.5. The number of nitrogens with zero attached hydrogens (tertiary/aromatic N) is 3. The highest BCUT2D eigenvalue weighted by Crippen LogP contribution is 2.10. The lowest BCUT2D eigenvalue weighted by molar-refractivity contribution is 0.0691. The summed E-state index contributed by atoms with van der Waals surface area (Å²) in [5.74, 6) is -1.07. The fraction of sp³-hybridized carbons (Fsp3) is 0.143. The van der Waals surface area contributed by atoms with Crippen LogP contribution in [-0.2, 0) is 6.54 Å². The summed E-state index contributed by atoms with van der Waals surface area (Å²) in [5, 5.41) is 16.4. The molecule has 2 aromatic rings. The maximum atomic E-state index is 11.1. The number of aromatic amines is 1. The second-order valence-electron chi connectivity index (χ2n) is 2.72. The number of carbonyl (C=O) groups is 1. The highest BCUT2D eigenvalue weighted by Gasteiger charge is 2.09. The van der Waals surface area contributed by atoms with Crippen molar-refractivity contribution in [1.82, 2.24) is 19.7 Å². The first-order chi connectivity index (χ1) is 7.16. The van der Waals surface area contributed by atoms with Gasteiger partial charge < -0.3 is 5.11 Å². The lowest BCUT2D eigenvalue weighted by atomic mass is 10.5. The normalized spacial score (nSPS) is 10.4. The Kier molecular flexibility index (Phi) is 2.34. The monoisotopic (exact) mass is 226 g/mol. The van der Waals surface area contributed by atoms with E-state index in [-0.39, 0.29) is 17.9 Å². The topological polar surface area (TPSA) is 101 Å². The Bertz CT molecular complexity index is 540. The molecule has 2 N–H and O–H groups in total. The summed E-state index contributed by atoms with van der Waals surface area (Å²) < 4.78 is 1.31. The first-order valence-corrected chi connectivity index (χ1v) is 4.82. The lowest BCUT2D eigenvalue weighted by Gasteiger charge is -1.93. The molecule has 0 atom stereocenters. The average molecular weight is 226 g/mol. The minimum atomic E-state index is -1.07. The van der Waals surface area contributed by atoms with Gasteiger partial charge >= 0.3 is 11.7 Å². The third-order valence-corrected chi connectivity index (χ3v) is 2.53. The summed E-state index contributed by atoms with van der Waals surface area (Å²) in [6.45, 7) is 0.229. The minimum absolute atomic E-state index is 0.00783. The molecule has 2 aromatic heterocycles. The molecule has 0 spiro atoms. The zero-order valence-corrected chi connectivity index (χ0v) is 8.19. The van der Waals surface area contributed by atoms with Crippen molar-refractivity contribution in [2.45, 2.75) is 6.54 Å². The van der Waals surface area contributed by atoms with Crippen molar-refractivity contribution in [2.24, 2.45) is 0 Å². The van der Waals surface area contributed by atoms with Crippen LogP contribution in [0, 0.1) is 0 Å². The number of hydrogen-bond donors (Lipinski definition) is 2. The summed E-state index contributed by atoms with van der Waals surface area (Å²) in [7, 11) is 0. The predicted octanol–water partition coefficient (Wildman–Crippen LogP) is -0.226. The van der Waals surface area contributed by atoms with Gasteiger partial charge in [0, 0.05) is 5.38 Å². The second kappa shape index (κ2) is 3.65. The van der Waals surface area contributed by atoms with E-state index in [0.717, 1.165) is 0 Å². The van der Waals surface area contributed by atoms with Gasteiger partial charge in [0.2, 0.25) is 0 Å². The van der Waals surface area contributed by atoms with Crippen molar-refractivity contribution in [2.75, 3.05) is 0 Å². The third kappa shape index (κ3) is 1.94. The SMILES string of the molecule is O=C(O)c1csc(Cn2cn[nH]c2=O)n1. The molecule has 0 bridgehead atoms. The van der Waals surface area contributed by atoms with E-state index in [1.165, 1.54) is 27.6 Å². The molecular weight excluding hydrogens is 220 g/mol. The van der Waals surface area contributed by atoms with Gasteiger partial charge in [-0.25, -0.2) is 19.7 Å². The van der Waals surface area contributed by atoms with E-state index in [1.54, 1.807) is 0 Å². The standard InChI is InChI=1S/C7H6N4O3S/c12-6(13)4-2-15-5(9-4)1-11-3-8-10-7(11)14/h2-3H,1H2,(H,10,14)(H,12,13). The fourth-order valence-electron chi connectivity index (χ4n) is 1.01. The van der Waals surface area contributed by atoms with Crippen LogP contribution in [0.4, 0.5) is 0 Å². The molecule has 0 saturated heterocycles. The van der Waals surface area contributed by atoms with Gasteiger partial charge in [-0.15, -0.1) is 11.3 Å². The predicted molar refractivity (Wildman–Crippen MR) is 51.0 cm³/mol. The Morgan fingerprint density at radius 3 is 3.00 bits per heavy atom.